The first-order valence-electron chi connectivity index (χ1n) is 5.87. The molecule has 0 saturated heterocycles. The Labute approximate surface area is 102 Å². The number of carbonyl (C=O) groups excluding carboxylic acids is 1. The average Bonchev–Trinajstić information content (AvgIpc) is 2.30. The minimum absolute atomic E-state index is 0.213. The van der Waals surface area contributed by atoms with Crippen LogP contribution in [0.15, 0.2) is 24.5 Å². The summed E-state index contributed by atoms with van der Waals surface area (Å²) in [5.41, 5.74) is 0.565. The van der Waals surface area contributed by atoms with Crippen LogP contribution in [0.4, 0.5) is 0 Å². The van der Waals surface area contributed by atoms with E-state index in [1.54, 1.807) is 12.4 Å². The Morgan fingerprint density at radius 2 is 2.06 bits per heavy atom. The summed E-state index contributed by atoms with van der Waals surface area (Å²) in [6, 6.07) is 3.94. The van der Waals surface area contributed by atoms with Gasteiger partial charge in [0.2, 0.25) is 0 Å². The molecule has 4 nitrogen and oxygen atoms in total. The molecule has 0 bridgehead atoms. The molecule has 0 spiro atoms. The van der Waals surface area contributed by atoms with Gasteiger partial charge in [0.25, 0.3) is 0 Å². The van der Waals surface area contributed by atoms with Gasteiger partial charge < -0.3 is 10.1 Å². The number of aromatic nitrogens is 1. The van der Waals surface area contributed by atoms with Crippen molar-refractivity contribution < 1.29 is 9.53 Å². The lowest BCUT2D eigenvalue weighted by atomic mass is 10.1. The molecule has 0 radical (unpaired) electrons. The third-order valence-electron chi connectivity index (χ3n) is 2.52. The summed E-state index contributed by atoms with van der Waals surface area (Å²) in [5.74, 6) is -0.213. The van der Waals surface area contributed by atoms with Crippen LogP contribution in [-0.2, 0) is 16.0 Å². The van der Waals surface area contributed by atoms with E-state index in [0.29, 0.717) is 6.61 Å². The first-order valence-corrected chi connectivity index (χ1v) is 5.87. The van der Waals surface area contributed by atoms with Gasteiger partial charge >= 0.3 is 5.97 Å². The number of hydrogen-bond acceptors (Lipinski definition) is 4. The highest BCUT2D eigenvalue weighted by Gasteiger charge is 2.27. The van der Waals surface area contributed by atoms with Gasteiger partial charge in [0.05, 0.1) is 6.61 Å². The summed E-state index contributed by atoms with van der Waals surface area (Å²) in [7, 11) is 0. The zero-order valence-corrected chi connectivity index (χ0v) is 10.7. The molecule has 0 unspecified atom stereocenters. The molecule has 4 heteroatoms. The van der Waals surface area contributed by atoms with Crippen molar-refractivity contribution in [3.8, 4) is 0 Å². The van der Waals surface area contributed by atoms with Crippen molar-refractivity contribution in [1.82, 2.24) is 10.3 Å². The van der Waals surface area contributed by atoms with Crippen molar-refractivity contribution >= 4 is 5.97 Å². The number of hydrogen-bond donors (Lipinski definition) is 1. The molecule has 94 valence electrons. The van der Waals surface area contributed by atoms with Crippen LogP contribution in [0, 0.1) is 0 Å². The molecule has 0 saturated carbocycles. The van der Waals surface area contributed by atoms with Crippen molar-refractivity contribution in [2.75, 3.05) is 13.2 Å². The standard InChI is InChI=1S/C13H20N2O2/c1-4-17-12(16)13(2,3)15-10-7-11-5-8-14-9-6-11/h5-6,8-9,15H,4,7,10H2,1-3H3. The van der Waals surface area contributed by atoms with Crippen LogP contribution in [0.2, 0.25) is 0 Å². The second-order valence-corrected chi connectivity index (χ2v) is 4.38. The van der Waals surface area contributed by atoms with Crippen molar-refractivity contribution in [3.05, 3.63) is 30.1 Å². The van der Waals surface area contributed by atoms with E-state index in [4.69, 9.17) is 4.74 Å². The van der Waals surface area contributed by atoms with E-state index >= 15 is 0 Å². The Morgan fingerprint density at radius 3 is 2.65 bits per heavy atom. The quantitative estimate of drug-likeness (QED) is 0.761. The third kappa shape index (κ3) is 4.53. The van der Waals surface area contributed by atoms with Crippen LogP contribution >= 0.6 is 0 Å². The number of nitrogens with zero attached hydrogens (tertiary/aromatic N) is 1. The molecule has 0 aliphatic heterocycles. The zero-order chi connectivity index (χ0) is 12.7. The highest BCUT2D eigenvalue weighted by Crippen LogP contribution is 2.05. The van der Waals surface area contributed by atoms with Crippen LogP contribution < -0.4 is 5.32 Å². The molecule has 1 rings (SSSR count). The Balaban J connectivity index is 2.37. The maximum atomic E-state index is 11.6. The number of carbonyl (C=O) groups is 1. The molecule has 1 aromatic rings. The van der Waals surface area contributed by atoms with Crippen LogP contribution in [0.3, 0.4) is 0 Å². The molecule has 0 amide bonds. The van der Waals surface area contributed by atoms with Crippen LogP contribution in [0.25, 0.3) is 0 Å². The number of ether oxygens (including phenoxy) is 1. The smallest absolute Gasteiger partial charge is 0.325 e. The Kier molecular flexibility index (Phi) is 5.10. The molecule has 0 aliphatic carbocycles. The summed E-state index contributed by atoms with van der Waals surface area (Å²) < 4.78 is 5.00. The van der Waals surface area contributed by atoms with Gasteiger partial charge in [-0.25, -0.2) is 0 Å². The third-order valence-corrected chi connectivity index (χ3v) is 2.52. The largest absolute Gasteiger partial charge is 0.465 e. The van der Waals surface area contributed by atoms with Crippen LogP contribution in [0.1, 0.15) is 26.3 Å². The predicted molar refractivity (Wildman–Crippen MR) is 66.7 cm³/mol. The number of nitrogens with one attached hydrogen (secondary N) is 1. The maximum absolute atomic E-state index is 11.6. The van der Waals surface area contributed by atoms with Gasteiger partial charge in [0, 0.05) is 18.9 Å². The van der Waals surface area contributed by atoms with Crippen molar-refractivity contribution in [3.63, 3.8) is 0 Å². The highest BCUT2D eigenvalue weighted by atomic mass is 16.5. The van der Waals surface area contributed by atoms with Crippen LogP contribution in [0.5, 0.6) is 0 Å². The van der Waals surface area contributed by atoms with Crippen molar-refractivity contribution in [2.45, 2.75) is 32.7 Å². The van der Waals surface area contributed by atoms with Crippen molar-refractivity contribution in [2.24, 2.45) is 0 Å². The topological polar surface area (TPSA) is 51.2 Å². The van der Waals surface area contributed by atoms with Gasteiger partial charge in [0.1, 0.15) is 5.54 Å². The lowest BCUT2D eigenvalue weighted by Gasteiger charge is -2.23. The molecule has 1 aromatic heterocycles. The van der Waals surface area contributed by atoms with E-state index in [1.165, 1.54) is 5.56 Å². The van der Waals surface area contributed by atoms with E-state index in [-0.39, 0.29) is 5.97 Å². The van der Waals surface area contributed by atoms with E-state index in [0.717, 1.165) is 13.0 Å². The first kappa shape index (κ1) is 13.6. The summed E-state index contributed by atoms with van der Waals surface area (Å²) in [5, 5.41) is 3.20. The van der Waals surface area contributed by atoms with Gasteiger partial charge in [-0.3, -0.25) is 9.78 Å². The highest BCUT2D eigenvalue weighted by molar-refractivity contribution is 5.79. The lowest BCUT2D eigenvalue weighted by Crippen LogP contribution is -2.48. The minimum atomic E-state index is -0.636. The molecule has 1 N–H and O–H groups in total. The van der Waals surface area contributed by atoms with E-state index in [1.807, 2.05) is 32.9 Å². The molecule has 17 heavy (non-hydrogen) atoms. The average molecular weight is 236 g/mol. The summed E-state index contributed by atoms with van der Waals surface area (Å²) in [4.78, 5) is 15.6. The number of pyridine rings is 1. The fourth-order valence-corrected chi connectivity index (χ4v) is 1.45. The number of rotatable bonds is 6. The van der Waals surface area contributed by atoms with Gasteiger partial charge in [0.15, 0.2) is 0 Å². The van der Waals surface area contributed by atoms with E-state index in [2.05, 4.69) is 10.3 Å². The molecular formula is C13H20N2O2. The number of esters is 1. The van der Waals surface area contributed by atoms with Crippen molar-refractivity contribution in [1.29, 1.82) is 0 Å². The fourth-order valence-electron chi connectivity index (χ4n) is 1.45. The molecule has 0 aromatic carbocycles. The molecule has 0 fully saturated rings. The minimum Gasteiger partial charge on any atom is -0.465 e. The van der Waals surface area contributed by atoms with E-state index in [9.17, 15) is 4.79 Å². The fraction of sp³-hybridized carbons (Fsp3) is 0.538. The Hall–Kier alpha value is -1.42. The Morgan fingerprint density at radius 1 is 1.41 bits per heavy atom. The van der Waals surface area contributed by atoms with Crippen LogP contribution in [-0.4, -0.2) is 29.6 Å². The second-order valence-electron chi connectivity index (χ2n) is 4.38. The monoisotopic (exact) mass is 236 g/mol. The lowest BCUT2D eigenvalue weighted by molar-refractivity contribution is -0.149. The van der Waals surface area contributed by atoms with Gasteiger partial charge in [-0.2, -0.15) is 0 Å². The molecule has 0 atom stereocenters. The molecule has 1 heterocycles. The second kappa shape index (κ2) is 6.35. The summed E-state index contributed by atoms with van der Waals surface area (Å²) >= 11 is 0. The first-order chi connectivity index (χ1) is 8.06. The van der Waals surface area contributed by atoms with Gasteiger partial charge in [-0.1, -0.05) is 0 Å². The Bertz CT molecular complexity index is 350. The SMILES string of the molecule is CCOC(=O)C(C)(C)NCCc1ccncc1. The normalized spacial score (nSPS) is 11.2. The van der Waals surface area contributed by atoms with Gasteiger partial charge in [-0.05, 0) is 44.9 Å². The molecular weight excluding hydrogens is 216 g/mol. The zero-order valence-electron chi connectivity index (χ0n) is 10.7. The summed E-state index contributed by atoms with van der Waals surface area (Å²) in [6.45, 7) is 6.62. The predicted octanol–water partition coefficient (Wildman–Crippen LogP) is 1.56. The summed E-state index contributed by atoms with van der Waals surface area (Å²) in [6.07, 6.45) is 4.41. The van der Waals surface area contributed by atoms with E-state index < -0.39 is 5.54 Å². The molecule has 0 aliphatic rings. The maximum Gasteiger partial charge on any atom is 0.325 e. The van der Waals surface area contributed by atoms with Gasteiger partial charge in [-0.15, -0.1) is 0 Å².